The van der Waals surface area contributed by atoms with Crippen LogP contribution in [0.1, 0.15) is 37.9 Å². The highest BCUT2D eigenvalue weighted by Gasteiger charge is 2.33. The van der Waals surface area contributed by atoms with E-state index in [1.54, 1.807) is 50.1 Å². The fraction of sp³-hybridized carbons (Fsp3) is 0.292. The molecule has 0 aliphatic carbocycles. The number of carbonyl (C=O) groups excluding carboxylic acids is 2. The molecule has 2 aromatic carbocycles. The Morgan fingerprint density at radius 1 is 1.16 bits per heavy atom. The Hall–Kier alpha value is -3.26. The maximum absolute atomic E-state index is 13.0. The van der Waals surface area contributed by atoms with E-state index in [-0.39, 0.29) is 24.2 Å². The molecular weight excluding hydrogens is 429 g/mol. The minimum absolute atomic E-state index is 0.139. The van der Waals surface area contributed by atoms with Crippen LogP contribution in [0.2, 0.25) is 0 Å². The number of carbonyl (C=O) groups is 2. The predicted molar refractivity (Wildman–Crippen MR) is 125 cm³/mol. The van der Waals surface area contributed by atoms with Gasteiger partial charge in [-0.2, -0.15) is 0 Å². The van der Waals surface area contributed by atoms with Gasteiger partial charge in [0.2, 0.25) is 5.91 Å². The average molecular weight is 456 g/mol. The van der Waals surface area contributed by atoms with E-state index < -0.39 is 12.0 Å². The van der Waals surface area contributed by atoms with Gasteiger partial charge in [0, 0.05) is 18.4 Å². The summed E-state index contributed by atoms with van der Waals surface area (Å²) in [5, 5.41) is 6.53. The van der Waals surface area contributed by atoms with Crippen LogP contribution in [-0.2, 0) is 20.7 Å². The first-order valence-corrected chi connectivity index (χ1v) is 10.7. The predicted octanol–water partition coefficient (Wildman–Crippen LogP) is 4.09. The number of thiocarbonyl (C=S) groups is 1. The molecule has 8 heteroatoms. The summed E-state index contributed by atoms with van der Waals surface area (Å²) in [5.74, 6) is -0.950. The standard InChI is InChI=1S/C24H26FN3O3S/c1-14(2)31-23(30)21-15(3)28(4)24(32)27-22(21)17-7-11-19(12-8-17)26-20(29)13-16-5-9-18(25)10-6-16/h5-12,14,22H,13H2,1-4H3,(H,26,29)(H,27,32). The van der Waals surface area contributed by atoms with Crippen molar-refractivity contribution in [2.45, 2.75) is 39.3 Å². The van der Waals surface area contributed by atoms with E-state index in [4.69, 9.17) is 17.0 Å². The van der Waals surface area contributed by atoms with Crippen molar-refractivity contribution in [3.63, 3.8) is 0 Å². The van der Waals surface area contributed by atoms with Crippen molar-refractivity contribution in [3.8, 4) is 0 Å². The Labute approximate surface area is 192 Å². The first-order valence-electron chi connectivity index (χ1n) is 10.3. The van der Waals surface area contributed by atoms with Gasteiger partial charge < -0.3 is 20.3 Å². The Morgan fingerprint density at radius 3 is 2.38 bits per heavy atom. The molecule has 0 radical (unpaired) electrons. The number of hydrogen-bond acceptors (Lipinski definition) is 4. The van der Waals surface area contributed by atoms with Gasteiger partial charge in [0.25, 0.3) is 0 Å². The normalized spacial score (nSPS) is 16.1. The lowest BCUT2D eigenvalue weighted by atomic mass is 9.95. The first kappa shape index (κ1) is 23.4. The van der Waals surface area contributed by atoms with Gasteiger partial charge >= 0.3 is 5.97 Å². The smallest absolute Gasteiger partial charge is 0.338 e. The number of ether oxygens (including phenoxy) is 1. The zero-order valence-electron chi connectivity index (χ0n) is 18.4. The molecule has 2 aromatic rings. The summed E-state index contributed by atoms with van der Waals surface area (Å²) >= 11 is 5.41. The highest BCUT2D eigenvalue weighted by molar-refractivity contribution is 7.80. The van der Waals surface area contributed by atoms with Crippen molar-refractivity contribution in [3.05, 3.63) is 76.7 Å². The van der Waals surface area contributed by atoms with Crippen molar-refractivity contribution in [1.82, 2.24) is 10.2 Å². The van der Waals surface area contributed by atoms with Crippen LogP contribution >= 0.6 is 12.2 Å². The molecule has 32 heavy (non-hydrogen) atoms. The van der Waals surface area contributed by atoms with Crippen molar-refractivity contribution < 1.29 is 18.7 Å². The van der Waals surface area contributed by atoms with Gasteiger partial charge in [0.15, 0.2) is 5.11 Å². The summed E-state index contributed by atoms with van der Waals surface area (Å²) in [4.78, 5) is 26.8. The molecule has 0 fully saturated rings. The zero-order chi connectivity index (χ0) is 23.4. The molecule has 168 valence electrons. The molecule has 3 rings (SSSR count). The van der Waals surface area contributed by atoms with Gasteiger partial charge in [-0.1, -0.05) is 24.3 Å². The van der Waals surface area contributed by atoms with Crippen molar-refractivity contribution in [2.75, 3.05) is 12.4 Å². The summed E-state index contributed by atoms with van der Waals surface area (Å²) in [5.41, 5.74) is 3.36. The average Bonchev–Trinajstić information content (AvgIpc) is 2.73. The van der Waals surface area contributed by atoms with Gasteiger partial charge in [-0.25, -0.2) is 9.18 Å². The van der Waals surface area contributed by atoms with E-state index in [2.05, 4.69) is 10.6 Å². The minimum Gasteiger partial charge on any atom is -0.459 e. The van der Waals surface area contributed by atoms with Gasteiger partial charge in [0.05, 0.1) is 24.1 Å². The third kappa shape index (κ3) is 5.50. The molecule has 1 amide bonds. The summed E-state index contributed by atoms with van der Waals surface area (Å²) in [6.45, 7) is 5.44. The van der Waals surface area contributed by atoms with Crippen LogP contribution in [0.25, 0.3) is 0 Å². The Morgan fingerprint density at radius 2 is 1.78 bits per heavy atom. The number of benzene rings is 2. The summed E-state index contributed by atoms with van der Waals surface area (Å²) in [6.07, 6.45) is -0.110. The lowest BCUT2D eigenvalue weighted by Crippen LogP contribution is -2.46. The second-order valence-corrected chi connectivity index (χ2v) is 8.25. The lowest BCUT2D eigenvalue weighted by molar-refractivity contribution is -0.143. The molecule has 6 nitrogen and oxygen atoms in total. The molecule has 0 bridgehead atoms. The van der Waals surface area contributed by atoms with Crippen LogP contribution in [0.5, 0.6) is 0 Å². The first-order chi connectivity index (χ1) is 15.2. The van der Waals surface area contributed by atoms with Gasteiger partial charge in [-0.05, 0) is 68.4 Å². The Balaban J connectivity index is 1.77. The zero-order valence-corrected chi connectivity index (χ0v) is 19.3. The monoisotopic (exact) mass is 455 g/mol. The summed E-state index contributed by atoms with van der Waals surface area (Å²) in [7, 11) is 1.79. The summed E-state index contributed by atoms with van der Waals surface area (Å²) < 4.78 is 18.5. The van der Waals surface area contributed by atoms with Crippen LogP contribution in [0.4, 0.5) is 10.1 Å². The van der Waals surface area contributed by atoms with Crippen LogP contribution in [0.3, 0.4) is 0 Å². The van der Waals surface area contributed by atoms with E-state index in [9.17, 15) is 14.0 Å². The van der Waals surface area contributed by atoms with Gasteiger partial charge in [0.1, 0.15) is 5.82 Å². The van der Waals surface area contributed by atoms with Crippen LogP contribution in [-0.4, -0.2) is 35.0 Å². The molecule has 1 atom stereocenters. The fourth-order valence-corrected chi connectivity index (χ4v) is 3.63. The SMILES string of the molecule is CC1=C(C(=O)OC(C)C)C(c2ccc(NC(=O)Cc3ccc(F)cc3)cc2)NC(=S)N1C. The van der Waals surface area contributed by atoms with Crippen molar-refractivity contribution in [1.29, 1.82) is 0 Å². The summed E-state index contributed by atoms with van der Waals surface area (Å²) in [6, 6.07) is 12.5. The number of amides is 1. The molecule has 1 unspecified atom stereocenters. The number of rotatable bonds is 6. The molecule has 2 N–H and O–H groups in total. The van der Waals surface area contributed by atoms with E-state index in [0.717, 1.165) is 16.8 Å². The number of nitrogens with zero attached hydrogens (tertiary/aromatic N) is 1. The molecule has 1 aliphatic rings. The third-order valence-corrected chi connectivity index (χ3v) is 5.51. The Kier molecular flexibility index (Phi) is 7.25. The molecule has 0 aromatic heterocycles. The largest absolute Gasteiger partial charge is 0.459 e. The second kappa shape index (κ2) is 9.91. The topological polar surface area (TPSA) is 70.7 Å². The van der Waals surface area contributed by atoms with Gasteiger partial charge in [-0.3, -0.25) is 4.79 Å². The van der Waals surface area contributed by atoms with Crippen molar-refractivity contribution >= 4 is 34.9 Å². The van der Waals surface area contributed by atoms with Gasteiger partial charge in [-0.15, -0.1) is 0 Å². The highest BCUT2D eigenvalue weighted by Crippen LogP contribution is 2.31. The number of nitrogens with one attached hydrogen (secondary N) is 2. The lowest BCUT2D eigenvalue weighted by Gasteiger charge is -2.35. The second-order valence-electron chi connectivity index (χ2n) is 7.87. The fourth-order valence-electron chi connectivity index (χ4n) is 3.38. The molecule has 1 heterocycles. The molecular formula is C24H26FN3O3S. The van der Waals surface area contributed by atoms with E-state index >= 15 is 0 Å². The van der Waals surface area contributed by atoms with Crippen LogP contribution in [0, 0.1) is 5.82 Å². The maximum Gasteiger partial charge on any atom is 0.338 e. The maximum atomic E-state index is 13.0. The van der Waals surface area contributed by atoms with Crippen LogP contribution < -0.4 is 10.6 Å². The Bertz CT molecular complexity index is 1050. The number of anilines is 1. The van der Waals surface area contributed by atoms with E-state index in [0.29, 0.717) is 16.4 Å². The third-order valence-electron chi connectivity index (χ3n) is 5.12. The quantitative estimate of drug-likeness (QED) is 0.505. The van der Waals surface area contributed by atoms with Crippen molar-refractivity contribution in [2.24, 2.45) is 0 Å². The minimum atomic E-state index is -0.464. The molecule has 0 saturated heterocycles. The van der Waals surface area contributed by atoms with Crippen LogP contribution in [0.15, 0.2) is 59.8 Å². The molecule has 1 aliphatic heterocycles. The molecule has 0 saturated carbocycles. The number of halogens is 1. The number of allylic oxidation sites excluding steroid dienone is 1. The highest BCUT2D eigenvalue weighted by atomic mass is 32.1. The number of hydrogen-bond donors (Lipinski definition) is 2. The molecule has 0 spiro atoms. The van der Waals surface area contributed by atoms with E-state index in [1.165, 1.54) is 12.1 Å². The number of esters is 1. The van der Waals surface area contributed by atoms with E-state index in [1.807, 2.05) is 19.1 Å².